The third-order valence-corrected chi connectivity index (χ3v) is 4.82. The van der Waals surface area contributed by atoms with Crippen LogP contribution in [0.15, 0.2) is 36.0 Å². The minimum atomic E-state index is -3.12. The lowest BCUT2D eigenvalue weighted by Gasteiger charge is -2.34. The Balaban J connectivity index is 2.13. The number of carbonyl (C=O) groups is 2. The number of hydrogen-bond acceptors (Lipinski definition) is 6. The average Bonchev–Trinajstić information content (AvgIpc) is 3.27. The van der Waals surface area contributed by atoms with Gasteiger partial charge in [0.15, 0.2) is 5.60 Å². The molecule has 0 saturated carbocycles. The van der Waals surface area contributed by atoms with Gasteiger partial charge in [-0.1, -0.05) is 5.92 Å². The first-order valence-corrected chi connectivity index (χ1v) is 9.28. The van der Waals surface area contributed by atoms with Crippen LogP contribution in [0, 0.1) is 23.7 Å². The zero-order valence-electron chi connectivity index (χ0n) is 15.9. The zero-order chi connectivity index (χ0) is 22.1. The quantitative estimate of drug-likeness (QED) is 0.367. The van der Waals surface area contributed by atoms with Gasteiger partial charge in [-0.15, -0.1) is 11.3 Å². The molecule has 2 aromatic rings. The normalized spacial score (nSPS) is 13.1. The van der Waals surface area contributed by atoms with E-state index in [1.54, 1.807) is 23.8 Å². The van der Waals surface area contributed by atoms with Crippen LogP contribution < -0.4 is 10.8 Å². The van der Waals surface area contributed by atoms with E-state index in [2.05, 4.69) is 34.0 Å². The van der Waals surface area contributed by atoms with Gasteiger partial charge in [0.1, 0.15) is 6.04 Å². The molecule has 0 saturated heterocycles. The fraction of sp³-hybridized carbons (Fsp3) is 0.250. The lowest BCUT2D eigenvalue weighted by atomic mass is 9.95. The topological polar surface area (TPSA) is 101 Å². The number of methoxy groups -OCH3 is 1. The number of alkyl halides is 2. The summed E-state index contributed by atoms with van der Waals surface area (Å²) in [7, 11) is 0.974. The number of nitrogens with zero attached hydrogens (tertiary/aromatic N) is 1. The highest BCUT2D eigenvalue weighted by molar-refractivity contribution is 7.10. The highest BCUT2D eigenvalue weighted by Gasteiger charge is 2.48. The van der Waals surface area contributed by atoms with E-state index in [9.17, 15) is 18.4 Å². The maximum absolute atomic E-state index is 13.4. The summed E-state index contributed by atoms with van der Waals surface area (Å²) in [6.07, 6.45) is -1.49. The molecule has 1 unspecified atom stereocenters. The molecule has 2 rings (SSSR count). The summed E-state index contributed by atoms with van der Waals surface area (Å²) >= 11 is 1.39. The van der Waals surface area contributed by atoms with Crippen molar-refractivity contribution < 1.29 is 28.3 Å². The van der Waals surface area contributed by atoms with E-state index in [0.717, 1.165) is 18.9 Å². The van der Waals surface area contributed by atoms with Crippen LogP contribution in [0.25, 0.3) is 0 Å². The summed E-state index contributed by atoms with van der Waals surface area (Å²) < 4.78 is 31.6. The molecule has 0 aliphatic carbocycles. The summed E-state index contributed by atoms with van der Waals surface area (Å²) in [5.41, 5.74) is 1.24. The predicted octanol–water partition coefficient (Wildman–Crippen LogP) is 1.82. The number of benzene rings is 1. The molecule has 0 aliphatic heterocycles. The molecule has 7 nitrogen and oxygen atoms in total. The van der Waals surface area contributed by atoms with Crippen LogP contribution in [0.1, 0.15) is 27.7 Å². The minimum absolute atomic E-state index is 0.0970. The van der Waals surface area contributed by atoms with Gasteiger partial charge in [0.25, 0.3) is 18.2 Å². The molecule has 0 spiro atoms. The maximum atomic E-state index is 13.4. The number of hydroxylamine groups is 1. The van der Waals surface area contributed by atoms with Crippen molar-refractivity contribution in [1.29, 1.82) is 0 Å². The van der Waals surface area contributed by atoms with E-state index >= 15 is 0 Å². The summed E-state index contributed by atoms with van der Waals surface area (Å²) in [4.78, 5) is 29.0. The lowest BCUT2D eigenvalue weighted by Crippen LogP contribution is -2.62. The van der Waals surface area contributed by atoms with Gasteiger partial charge in [-0.2, -0.15) is 0 Å². The third kappa shape index (κ3) is 5.61. The molecule has 0 bridgehead atoms. The molecule has 156 valence electrons. The standard InChI is InChI=1S/C20H17F2N3O4S/c1-20(29-2,19(21)22)16(18(27)25-28)24-17(26)14-9-7-13(8-10-14)5-3-4-6-15-11-23-12-30-15/h7-12,16,19,28H,1-2H3,(H,24,26)(H,25,27)/t16-,20?/m1/s1. The molecule has 30 heavy (non-hydrogen) atoms. The Morgan fingerprint density at radius 3 is 2.43 bits per heavy atom. The van der Waals surface area contributed by atoms with E-state index in [1.165, 1.54) is 28.9 Å². The van der Waals surface area contributed by atoms with Crippen LogP contribution in [0.3, 0.4) is 0 Å². The third-order valence-electron chi connectivity index (χ3n) is 4.13. The van der Waals surface area contributed by atoms with Gasteiger partial charge < -0.3 is 10.1 Å². The van der Waals surface area contributed by atoms with Crippen molar-refractivity contribution in [2.75, 3.05) is 7.11 Å². The Hall–Kier alpha value is -3.31. The number of carbonyl (C=O) groups excluding carboxylic acids is 2. The molecule has 10 heteroatoms. The number of nitrogens with one attached hydrogen (secondary N) is 2. The Kier molecular flexibility index (Phi) is 8.01. The molecule has 0 aliphatic rings. The van der Waals surface area contributed by atoms with Crippen LogP contribution in [-0.2, 0) is 9.53 Å². The van der Waals surface area contributed by atoms with E-state index in [0.29, 0.717) is 5.56 Å². The lowest BCUT2D eigenvalue weighted by molar-refractivity contribution is -0.157. The van der Waals surface area contributed by atoms with Crippen LogP contribution >= 0.6 is 11.3 Å². The van der Waals surface area contributed by atoms with E-state index in [4.69, 9.17) is 9.94 Å². The average molecular weight is 433 g/mol. The van der Waals surface area contributed by atoms with Gasteiger partial charge in [-0.25, -0.2) is 14.3 Å². The molecule has 1 heterocycles. The van der Waals surface area contributed by atoms with E-state index < -0.39 is 29.9 Å². The van der Waals surface area contributed by atoms with E-state index in [-0.39, 0.29) is 5.56 Å². The Morgan fingerprint density at radius 1 is 1.23 bits per heavy atom. The number of amides is 2. The van der Waals surface area contributed by atoms with Crippen LogP contribution in [0.2, 0.25) is 0 Å². The van der Waals surface area contributed by atoms with Gasteiger partial charge in [0.2, 0.25) is 0 Å². The molecular weight excluding hydrogens is 416 g/mol. The number of thiazole rings is 1. The molecular formula is C20H17F2N3O4S. The zero-order valence-corrected chi connectivity index (χ0v) is 16.7. The fourth-order valence-corrected chi connectivity index (χ4v) is 2.73. The van der Waals surface area contributed by atoms with Crippen molar-refractivity contribution >= 4 is 23.2 Å². The first-order chi connectivity index (χ1) is 14.3. The SMILES string of the molecule is COC(C)(C(F)F)[C@H](NC(=O)c1ccc(C#CC#Cc2cncs2)cc1)C(=O)NO. The number of aromatic nitrogens is 1. The van der Waals surface area contributed by atoms with Gasteiger partial charge in [0.05, 0.1) is 16.6 Å². The molecule has 2 atom stereocenters. The van der Waals surface area contributed by atoms with E-state index in [1.807, 2.05) is 0 Å². The molecule has 0 radical (unpaired) electrons. The van der Waals surface area contributed by atoms with Gasteiger partial charge in [-0.3, -0.25) is 19.8 Å². The number of ether oxygens (including phenoxy) is 1. The molecule has 3 N–H and O–H groups in total. The Morgan fingerprint density at radius 2 is 1.90 bits per heavy atom. The largest absolute Gasteiger partial charge is 0.370 e. The second kappa shape index (κ2) is 10.5. The molecule has 1 aromatic heterocycles. The van der Waals surface area contributed by atoms with Crippen LogP contribution in [0.4, 0.5) is 8.78 Å². The number of rotatable bonds is 6. The summed E-state index contributed by atoms with van der Waals surface area (Å²) in [5, 5.41) is 11.0. The van der Waals surface area contributed by atoms with Crippen molar-refractivity contribution in [3.8, 4) is 23.7 Å². The second-order valence-corrected chi connectivity index (χ2v) is 6.90. The first kappa shape index (κ1) is 23.0. The van der Waals surface area contributed by atoms with Gasteiger partial charge >= 0.3 is 0 Å². The fourth-order valence-electron chi connectivity index (χ4n) is 2.26. The smallest absolute Gasteiger partial charge is 0.269 e. The Bertz CT molecular complexity index is 1000. The summed E-state index contributed by atoms with van der Waals surface area (Å²) in [6, 6.07) is 4.06. The highest BCUT2D eigenvalue weighted by atomic mass is 32.1. The van der Waals surface area contributed by atoms with Gasteiger partial charge in [0, 0.05) is 18.2 Å². The van der Waals surface area contributed by atoms with Crippen molar-refractivity contribution in [3.63, 3.8) is 0 Å². The number of halogens is 2. The molecule has 2 amide bonds. The van der Waals surface area contributed by atoms with Crippen LogP contribution in [0.5, 0.6) is 0 Å². The summed E-state index contributed by atoms with van der Waals surface area (Å²) in [5.74, 6) is 8.93. The second-order valence-electron chi connectivity index (χ2n) is 6.01. The molecule has 1 aromatic carbocycles. The predicted molar refractivity (Wildman–Crippen MR) is 105 cm³/mol. The van der Waals surface area contributed by atoms with Crippen LogP contribution in [-0.4, -0.2) is 47.2 Å². The molecule has 0 fully saturated rings. The van der Waals surface area contributed by atoms with Crippen molar-refractivity contribution in [2.24, 2.45) is 0 Å². The van der Waals surface area contributed by atoms with Crippen molar-refractivity contribution in [1.82, 2.24) is 15.8 Å². The Labute approximate surface area is 175 Å². The first-order valence-electron chi connectivity index (χ1n) is 8.40. The van der Waals surface area contributed by atoms with Crippen molar-refractivity contribution in [3.05, 3.63) is 52.0 Å². The number of hydrogen-bond donors (Lipinski definition) is 3. The van der Waals surface area contributed by atoms with Gasteiger partial charge in [-0.05, 0) is 49.0 Å². The maximum Gasteiger partial charge on any atom is 0.269 e. The van der Waals surface area contributed by atoms with Crippen molar-refractivity contribution in [2.45, 2.75) is 25.0 Å². The summed E-state index contributed by atoms with van der Waals surface area (Å²) in [6.45, 7) is 0.948. The highest BCUT2D eigenvalue weighted by Crippen LogP contribution is 2.24. The monoisotopic (exact) mass is 433 g/mol. The minimum Gasteiger partial charge on any atom is -0.370 e.